The van der Waals surface area contributed by atoms with Crippen LogP contribution < -0.4 is 4.74 Å². The molecule has 1 N–H and O–H groups in total. The lowest BCUT2D eigenvalue weighted by Crippen LogP contribution is -2.37. The van der Waals surface area contributed by atoms with Crippen LogP contribution in [0.3, 0.4) is 0 Å². The Bertz CT molecular complexity index is 1420. The number of hydrogen-bond acceptors (Lipinski definition) is 5. The van der Waals surface area contributed by atoms with Crippen LogP contribution in [0, 0.1) is 5.92 Å². The Morgan fingerprint density at radius 3 is 2.54 bits per heavy atom. The number of fused-ring (bicyclic) bond motifs is 1. The van der Waals surface area contributed by atoms with Crippen molar-refractivity contribution in [3.8, 4) is 17.0 Å². The molecule has 1 atom stereocenters. The molecule has 200 valence electrons. The lowest BCUT2D eigenvalue weighted by molar-refractivity contribution is -0.121. The van der Waals surface area contributed by atoms with Crippen molar-refractivity contribution in [3.63, 3.8) is 0 Å². The summed E-state index contributed by atoms with van der Waals surface area (Å²) in [7, 11) is 0. The van der Waals surface area contributed by atoms with Gasteiger partial charge in [0, 0.05) is 49.5 Å². The van der Waals surface area contributed by atoms with E-state index in [1.807, 2.05) is 54.6 Å². The summed E-state index contributed by atoms with van der Waals surface area (Å²) in [6.45, 7) is 1.47. The number of pyridine rings is 1. The molecule has 2 fully saturated rings. The zero-order valence-electron chi connectivity index (χ0n) is 22.1. The van der Waals surface area contributed by atoms with E-state index in [0.29, 0.717) is 12.3 Å². The molecule has 1 unspecified atom stereocenters. The van der Waals surface area contributed by atoms with Gasteiger partial charge in [-0.05, 0) is 72.9 Å². The molecule has 0 spiro atoms. The molecule has 2 aromatic heterocycles. The minimum Gasteiger partial charge on any atom is -0.490 e. The highest BCUT2D eigenvalue weighted by molar-refractivity contribution is 5.95. The Kier molecular flexibility index (Phi) is 7.39. The maximum Gasteiger partial charge on any atom is 0.209 e. The number of hydrogen-bond donors (Lipinski definition) is 1. The van der Waals surface area contributed by atoms with Crippen LogP contribution in [0.5, 0.6) is 5.75 Å². The van der Waals surface area contributed by atoms with Crippen molar-refractivity contribution in [2.45, 2.75) is 57.0 Å². The van der Waals surface area contributed by atoms with E-state index in [1.54, 1.807) is 11.1 Å². The number of aromatic nitrogens is 3. The summed E-state index contributed by atoms with van der Waals surface area (Å²) in [5.41, 5.74) is 4.69. The minimum absolute atomic E-state index is 0.123. The molecular formula is C32H34N4O3. The van der Waals surface area contributed by atoms with Gasteiger partial charge < -0.3 is 9.64 Å². The molecule has 7 nitrogen and oxygen atoms in total. The molecule has 2 aliphatic rings. The van der Waals surface area contributed by atoms with E-state index in [-0.39, 0.29) is 17.8 Å². The summed E-state index contributed by atoms with van der Waals surface area (Å²) in [6.07, 6.45) is 9.46. The number of amides is 1. The number of rotatable bonds is 9. The Morgan fingerprint density at radius 2 is 1.82 bits per heavy atom. The first-order valence-corrected chi connectivity index (χ1v) is 14.0. The number of Topliss-reactive ketones (excluding diaryl/α,β-unsaturated/α-hetero) is 1. The third-order valence-electron chi connectivity index (χ3n) is 8.29. The average Bonchev–Trinajstić information content (AvgIpc) is 3.65. The van der Waals surface area contributed by atoms with Crippen molar-refractivity contribution >= 4 is 23.1 Å². The van der Waals surface area contributed by atoms with Gasteiger partial charge in [-0.15, -0.1) is 0 Å². The minimum atomic E-state index is -0.147. The highest BCUT2D eigenvalue weighted by Gasteiger charge is 2.32. The van der Waals surface area contributed by atoms with E-state index in [4.69, 9.17) is 4.74 Å². The van der Waals surface area contributed by atoms with Gasteiger partial charge in [0.2, 0.25) is 6.41 Å². The van der Waals surface area contributed by atoms with Gasteiger partial charge in [-0.1, -0.05) is 25.0 Å². The largest absolute Gasteiger partial charge is 0.490 e. The number of nitrogens with zero attached hydrogens (tertiary/aromatic N) is 3. The zero-order chi connectivity index (χ0) is 26.6. The maximum absolute atomic E-state index is 13.7. The van der Waals surface area contributed by atoms with Crippen molar-refractivity contribution in [1.82, 2.24) is 20.1 Å². The summed E-state index contributed by atoms with van der Waals surface area (Å²) in [5.74, 6) is 1.29. The van der Waals surface area contributed by atoms with E-state index >= 15 is 0 Å². The first-order valence-electron chi connectivity index (χ1n) is 14.0. The second-order valence-electron chi connectivity index (χ2n) is 10.9. The van der Waals surface area contributed by atoms with E-state index < -0.39 is 0 Å². The van der Waals surface area contributed by atoms with Gasteiger partial charge in [-0.2, -0.15) is 5.10 Å². The average molecular weight is 523 g/mol. The highest BCUT2D eigenvalue weighted by Crippen LogP contribution is 2.38. The van der Waals surface area contributed by atoms with Crippen LogP contribution in [0.25, 0.3) is 22.2 Å². The summed E-state index contributed by atoms with van der Waals surface area (Å²) in [5, 5.41) is 8.74. The Labute approximate surface area is 228 Å². The van der Waals surface area contributed by atoms with Crippen molar-refractivity contribution in [3.05, 3.63) is 78.1 Å². The lowest BCUT2D eigenvalue weighted by atomic mass is 9.82. The van der Waals surface area contributed by atoms with Crippen molar-refractivity contribution in [2.24, 2.45) is 5.92 Å². The predicted octanol–water partition coefficient (Wildman–Crippen LogP) is 5.71. The number of carbonyl (C=O) groups is 2. The molecule has 1 saturated heterocycles. The molecule has 6 rings (SSSR count). The number of nitrogens with one attached hydrogen (secondary N) is 1. The lowest BCUT2D eigenvalue weighted by Gasteiger charge is -2.29. The van der Waals surface area contributed by atoms with E-state index in [0.717, 1.165) is 84.4 Å². The molecular weight excluding hydrogens is 488 g/mol. The van der Waals surface area contributed by atoms with E-state index in [2.05, 4.69) is 21.2 Å². The number of carbonyl (C=O) groups excluding carboxylic acids is 2. The monoisotopic (exact) mass is 522 g/mol. The summed E-state index contributed by atoms with van der Waals surface area (Å²) >= 11 is 0. The third-order valence-corrected chi connectivity index (χ3v) is 8.29. The number of ether oxygens (including phenoxy) is 1. The Morgan fingerprint density at radius 1 is 1.03 bits per heavy atom. The standard InChI is InChI=1S/C32H34N4O3/c37-21-36-17-14-26(15-18-36)39-25-11-9-24(10-12-25)32-27-19-22(8-13-28(27)34-35-32)20-30(38)31(23-5-1-2-6-23)29-7-3-4-16-33-29/h3-4,7-13,16,19,21,23,26,31H,1-2,5-6,14-15,17-18,20H2,(H,34,35). The van der Waals surface area contributed by atoms with Crippen LogP contribution in [0.2, 0.25) is 0 Å². The Hall–Kier alpha value is -4.00. The first-order chi connectivity index (χ1) is 19.2. The molecule has 2 aromatic carbocycles. The predicted molar refractivity (Wildman–Crippen MR) is 150 cm³/mol. The third kappa shape index (κ3) is 5.58. The number of piperidine rings is 1. The van der Waals surface area contributed by atoms with Gasteiger partial charge in [0.05, 0.1) is 22.8 Å². The smallest absolute Gasteiger partial charge is 0.209 e. The fraction of sp³-hybridized carbons (Fsp3) is 0.375. The van der Waals surface area contributed by atoms with Crippen molar-refractivity contribution < 1.29 is 14.3 Å². The van der Waals surface area contributed by atoms with Gasteiger partial charge in [-0.25, -0.2) is 0 Å². The topological polar surface area (TPSA) is 88.2 Å². The van der Waals surface area contributed by atoms with Gasteiger partial charge in [-0.3, -0.25) is 19.7 Å². The number of likely N-dealkylation sites (tertiary alicyclic amines) is 1. The van der Waals surface area contributed by atoms with Crippen LogP contribution >= 0.6 is 0 Å². The number of ketones is 1. The van der Waals surface area contributed by atoms with Gasteiger partial charge in [0.1, 0.15) is 17.6 Å². The molecule has 7 heteroatoms. The summed E-state index contributed by atoms with van der Waals surface area (Å²) in [6, 6.07) is 20.0. The van der Waals surface area contributed by atoms with Crippen LogP contribution in [-0.2, 0) is 16.0 Å². The SMILES string of the molecule is O=CN1CCC(Oc2ccc(-c3n[nH]c4ccc(CC(=O)C(c5ccccn5)C5CCCC5)cc34)cc2)CC1. The molecule has 3 heterocycles. The maximum atomic E-state index is 13.7. The molecule has 1 saturated carbocycles. The van der Waals surface area contributed by atoms with E-state index in [1.165, 1.54) is 12.8 Å². The zero-order valence-corrected chi connectivity index (χ0v) is 22.1. The van der Waals surface area contributed by atoms with Crippen LogP contribution in [-0.4, -0.2) is 51.5 Å². The number of aromatic amines is 1. The van der Waals surface area contributed by atoms with Gasteiger partial charge in [0.15, 0.2) is 0 Å². The second kappa shape index (κ2) is 11.4. The van der Waals surface area contributed by atoms with Crippen LogP contribution in [0.4, 0.5) is 0 Å². The van der Waals surface area contributed by atoms with Crippen LogP contribution in [0.1, 0.15) is 55.7 Å². The van der Waals surface area contributed by atoms with E-state index in [9.17, 15) is 9.59 Å². The molecule has 4 aromatic rings. The molecule has 0 radical (unpaired) electrons. The Balaban J connectivity index is 1.19. The van der Waals surface area contributed by atoms with Gasteiger partial charge >= 0.3 is 0 Å². The molecule has 1 amide bonds. The molecule has 39 heavy (non-hydrogen) atoms. The molecule has 1 aliphatic heterocycles. The normalized spacial score (nSPS) is 17.4. The molecule has 1 aliphatic carbocycles. The van der Waals surface area contributed by atoms with Crippen molar-refractivity contribution in [2.75, 3.05) is 13.1 Å². The van der Waals surface area contributed by atoms with Crippen LogP contribution in [0.15, 0.2) is 66.9 Å². The van der Waals surface area contributed by atoms with Gasteiger partial charge in [0.25, 0.3) is 0 Å². The fourth-order valence-corrected chi connectivity index (χ4v) is 6.21. The highest BCUT2D eigenvalue weighted by atomic mass is 16.5. The molecule has 0 bridgehead atoms. The first kappa shape index (κ1) is 25.3. The number of H-pyrrole nitrogens is 1. The summed E-state index contributed by atoms with van der Waals surface area (Å²) in [4.78, 5) is 31.0. The summed E-state index contributed by atoms with van der Waals surface area (Å²) < 4.78 is 6.16. The quantitative estimate of drug-likeness (QED) is 0.285. The second-order valence-corrected chi connectivity index (χ2v) is 10.9. The number of benzene rings is 2. The van der Waals surface area contributed by atoms with Crippen molar-refractivity contribution in [1.29, 1.82) is 0 Å². The fourth-order valence-electron chi connectivity index (χ4n) is 6.21.